The molecular formula is C14H22O3. The van der Waals surface area contributed by atoms with Crippen LogP contribution in [-0.4, -0.2) is 30.7 Å². The van der Waals surface area contributed by atoms with E-state index in [0.717, 1.165) is 13.0 Å². The number of carbonyl (C=O) groups is 1. The van der Waals surface area contributed by atoms with Crippen LogP contribution in [0, 0.1) is 5.92 Å². The molecule has 0 aromatic rings. The van der Waals surface area contributed by atoms with E-state index in [-0.39, 0.29) is 17.6 Å². The second-order valence-electron chi connectivity index (χ2n) is 5.52. The topological polar surface area (TPSA) is 38.8 Å². The molecule has 0 aromatic heterocycles. The molecule has 2 rings (SSSR count). The molecule has 17 heavy (non-hydrogen) atoms. The molecule has 0 aromatic carbocycles. The van der Waals surface area contributed by atoms with Crippen LogP contribution in [0.15, 0.2) is 11.6 Å². The van der Waals surface area contributed by atoms with Gasteiger partial charge in [0.05, 0.1) is 24.9 Å². The van der Waals surface area contributed by atoms with Gasteiger partial charge >= 0.3 is 0 Å². The summed E-state index contributed by atoms with van der Waals surface area (Å²) in [5.41, 5.74) is 1.23. The van der Waals surface area contributed by atoms with Gasteiger partial charge in [-0.3, -0.25) is 4.79 Å². The molecule has 1 aliphatic heterocycles. The standard InChI is InChI=1S/C14H22O3/c1-10(2)5-7-16-11(3)13-8-12(15)4-6-14(13)9-17-14/h5,11,13H,4,6-9H2,1-3H3. The van der Waals surface area contributed by atoms with E-state index in [9.17, 15) is 4.79 Å². The Morgan fingerprint density at radius 3 is 2.94 bits per heavy atom. The Labute approximate surface area is 103 Å². The molecule has 0 N–H and O–H groups in total. The number of carbonyl (C=O) groups excluding carboxylic acids is 1. The van der Waals surface area contributed by atoms with Gasteiger partial charge < -0.3 is 9.47 Å². The van der Waals surface area contributed by atoms with E-state index in [0.29, 0.717) is 25.2 Å². The Bertz CT molecular complexity index is 324. The Balaban J connectivity index is 1.90. The summed E-state index contributed by atoms with van der Waals surface area (Å²) in [6.07, 6.45) is 4.35. The van der Waals surface area contributed by atoms with E-state index in [1.807, 2.05) is 0 Å². The maximum atomic E-state index is 11.6. The average Bonchev–Trinajstić information content (AvgIpc) is 3.02. The number of hydrogen-bond donors (Lipinski definition) is 0. The minimum absolute atomic E-state index is 0.0295. The first kappa shape index (κ1) is 12.8. The molecule has 1 aliphatic carbocycles. The fourth-order valence-corrected chi connectivity index (χ4v) is 2.60. The highest BCUT2D eigenvalue weighted by molar-refractivity contribution is 5.80. The summed E-state index contributed by atoms with van der Waals surface area (Å²) in [4.78, 5) is 11.6. The van der Waals surface area contributed by atoms with Crippen LogP contribution in [0.4, 0.5) is 0 Å². The molecule has 0 radical (unpaired) electrons. The first-order valence-electron chi connectivity index (χ1n) is 6.44. The average molecular weight is 238 g/mol. The van der Waals surface area contributed by atoms with Crippen LogP contribution in [-0.2, 0) is 14.3 Å². The summed E-state index contributed by atoms with van der Waals surface area (Å²) in [6.45, 7) is 7.62. The molecule has 3 atom stereocenters. The second kappa shape index (κ2) is 4.91. The van der Waals surface area contributed by atoms with Gasteiger partial charge in [0.25, 0.3) is 0 Å². The van der Waals surface area contributed by atoms with Gasteiger partial charge in [0.15, 0.2) is 0 Å². The highest BCUT2D eigenvalue weighted by atomic mass is 16.6. The zero-order valence-corrected chi connectivity index (χ0v) is 11.0. The van der Waals surface area contributed by atoms with Crippen molar-refractivity contribution in [1.29, 1.82) is 0 Å². The number of ether oxygens (including phenoxy) is 2. The van der Waals surface area contributed by atoms with Crippen molar-refractivity contribution in [2.24, 2.45) is 5.92 Å². The van der Waals surface area contributed by atoms with Crippen molar-refractivity contribution < 1.29 is 14.3 Å². The van der Waals surface area contributed by atoms with Crippen LogP contribution in [0.5, 0.6) is 0 Å². The maximum Gasteiger partial charge on any atom is 0.133 e. The fourth-order valence-electron chi connectivity index (χ4n) is 2.60. The molecule has 0 bridgehead atoms. The van der Waals surface area contributed by atoms with Crippen molar-refractivity contribution in [3.8, 4) is 0 Å². The van der Waals surface area contributed by atoms with Crippen LogP contribution in [0.25, 0.3) is 0 Å². The number of rotatable bonds is 4. The van der Waals surface area contributed by atoms with Gasteiger partial charge in [-0.05, 0) is 27.2 Å². The monoisotopic (exact) mass is 238 g/mol. The predicted molar refractivity (Wildman–Crippen MR) is 65.9 cm³/mol. The zero-order valence-electron chi connectivity index (χ0n) is 11.0. The van der Waals surface area contributed by atoms with Crippen molar-refractivity contribution >= 4 is 5.78 Å². The van der Waals surface area contributed by atoms with E-state index in [4.69, 9.17) is 9.47 Å². The van der Waals surface area contributed by atoms with Crippen molar-refractivity contribution in [3.63, 3.8) is 0 Å². The van der Waals surface area contributed by atoms with Gasteiger partial charge in [0.2, 0.25) is 0 Å². The largest absolute Gasteiger partial charge is 0.374 e. The van der Waals surface area contributed by atoms with Crippen molar-refractivity contribution in [2.75, 3.05) is 13.2 Å². The van der Waals surface area contributed by atoms with E-state index >= 15 is 0 Å². The van der Waals surface area contributed by atoms with E-state index in [2.05, 4.69) is 26.8 Å². The van der Waals surface area contributed by atoms with Crippen LogP contribution in [0.1, 0.15) is 40.0 Å². The molecule has 2 fully saturated rings. The Morgan fingerprint density at radius 1 is 1.65 bits per heavy atom. The van der Waals surface area contributed by atoms with E-state index in [1.165, 1.54) is 5.57 Å². The molecule has 0 amide bonds. The lowest BCUT2D eigenvalue weighted by molar-refractivity contribution is -0.126. The minimum Gasteiger partial charge on any atom is -0.374 e. The second-order valence-corrected chi connectivity index (χ2v) is 5.52. The smallest absolute Gasteiger partial charge is 0.133 e. The lowest BCUT2D eigenvalue weighted by atomic mass is 9.76. The van der Waals surface area contributed by atoms with Crippen LogP contribution in [0.3, 0.4) is 0 Å². The summed E-state index contributed by atoms with van der Waals surface area (Å²) in [6, 6.07) is 0. The summed E-state index contributed by atoms with van der Waals surface area (Å²) < 4.78 is 11.4. The third-order valence-electron chi connectivity index (χ3n) is 3.88. The zero-order chi connectivity index (χ0) is 12.5. The molecule has 1 spiro atoms. The lowest BCUT2D eigenvalue weighted by Crippen LogP contribution is -2.40. The Hall–Kier alpha value is -0.670. The quantitative estimate of drug-likeness (QED) is 0.558. The number of epoxide rings is 1. The summed E-state index contributed by atoms with van der Waals surface area (Å²) in [5.74, 6) is 0.600. The van der Waals surface area contributed by atoms with Crippen LogP contribution in [0.2, 0.25) is 0 Å². The third-order valence-corrected chi connectivity index (χ3v) is 3.88. The van der Waals surface area contributed by atoms with Gasteiger partial charge in [-0.2, -0.15) is 0 Å². The first-order valence-corrected chi connectivity index (χ1v) is 6.44. The number of hydrogen-bond acceptors (Lipinski definition) is 3. The highest BCUT2D eigenvalue weighted by Gasteiger charge is 2.55. The molecule has 96 valence electrons. The molecule has 3 unspecified atom stereocenters. The number of Topliss-reactive ketones (excluding diaryl/α,β-unsaturated/α-hetero) is 1. The van der Waals surface area contributed by atoms with Gasteiger partial charge in [-0.1, -0.05) is 11.6 Å². The fraction of sp³-hybridized carbons (Fsp3) is 0.786. The summed E-state index contributed by atoms with van der Waals surface area (Å²) in [7, 11) is 0. The van der Waals surface area contributed by atoms with Gasteiger partial charge in [-0.25, -0.2) is 0 Å². The Morgan fingerprint density at radius 2 is 2.35 bits per heavy atom. The van der Waals surface area contributed by atoms with Gasteiger partial charge in [0.1, 0.15) is 5.78 Å². The van der Waals surface area contributed by atoms with Crippen molar-refractivity contribution in [1.82, 2.24) is 0 Å². The van der Waals surface area contributed by atoms with Gasteiger partial charge in [0, 0.05) is 18.8 Å². The molecule has 1 saturated heterocycles. The van der Waals surface area contributed by atoms with Crippen LogP contribution >= 0.6 is 0 Å². The summed E-state index contributed by atoms with van der Waals surface area (Å²) >= 11 is 0. The van der Waals surface area contributed by atoms with Gasteiger partial charge in [-0.15, -0.1) is 0 Å². The predicted octanol–water partition coefficient (Wildman–Crippen LogP) is 2.50. The first-order chi connectivity index (χ1) is 8.03. The highest BCUT2D eigenvalue weighted by Crippen LogP contribution is 2.47. The van der Waals surface area contributed by atoms with E-state index < -0.39 is 0 Å². The number of allylic oxidation sites excluding steroid dienone is 1. The lowest BCUT2D eigenvalue weighted by Gasteiger charge is -2.32. The molecule has 1 heterocycles. The van der Waals surface area contributed by atoms with Crippen LogP contribution < -0.4 is 0 Å². The normalized spacial score (nSPS) is 33.6. The third kappa shape index (κ3) is 2.96. The molecule has 3 heteroatoms. The molecule has 2 aliphatic rings. The molecule has 3 nitrogen and oxygen atoms in total. The maximum absolute atomic E-state index is 11.6. The number of ketones is 1. The summed E-state index contributed by atoms with van der Waals surface area (Å²) in [5, 5.41) is 0. The van der Waals surface area contributed by atoms with E-state index in [1.54, 1.807) is 0 Å². The SMILES string of the molecule is CC(C)=CCOC(C)C1CC(=O)CCC12CO2. The molecular weight excluding hydrogens is 216 g/mol. The van der Waals surface area contributed by atoms with Crippen molar-refractivity contribution in [2.45, 2.75) is 51.7 Å². The molecule has 1 saturated carbocycles. The minimum atomic E-state index is -0.0295. The van der Waals surface area contributed by atoms with Crippen molar-refractivity contribution in [3.05, 3.63) is 11.6 Å². The Kier molecular flexibility index (Phi) is 3.69.